The second-order valence-electron chi connectivity index (χ2n) is 2.63. The summed E-state index contributed by atoms with van der Waals surface area (Å²) in [5, 5.41) is 0. The predicted octanol–water partition coefficient (Wildman–Crippen LogP) is 1.07. The maximum Gasteiger partial charge on any atom is 0.0941 e. The quantitative estimate of drug-likeness (QED) is 0.519. The van der Waals surface area contributed by atoms with Crippen LogP contribution in [0.15, 0.2) is 17.5 Å². The number of amidine groups is 1. The van der Waals surface area contributed by atoms with Crippen LogP contribution in [-0.4, -0.2) is 15.8 Å². The third-order valence-corrected chi connectivity index (χ3v) is 1.51. The Balaban J connectivity index is 2.38. The number of nitrogens with zero attached hydrogens (tertiary/aromatic N) is 2. The average Bonchev–Trinajstić information content (AvgIpc) is 2.53. The molecule has 1 aromatic heterocycles. The van der Waals surface area contributed by atoms with E-state index in [0.29, 0.717) is 12.4 Å². The Bertz CT molecular complexity index is 238. The summed E-state index contributed by atoms with van der Waals surface area (Å²) in [5.41, 5.74) is 6.61. The molecule has 1 aromatic rings. The second kappa shape index (κ2) is 4.54. The number of H-pyrrole nitrogens is 1. The summed E-state index contributed by atoms with van der Waals surface area (Å²) in [6.07, 6.45) is 5.30. The molecule has 66 valence electrons. The van der Waals surface area contributed by atoms with E-state index in [-0.39, 0.29) is 0 Å². The number of imidazole rings is 1. The van der Waals surface area contributed by atoms with E-state index in [1.54, 1.807) is 12.5 Å². The molecule has 3 N–H and O–H groups in total. The van der Waals surface area contributed by atoms with Crippen molar-refractivity contribution in [3.63, 3.8) is 0 Å². The summed E-state index contributed by atoms with van der Waals surface area (Å²) in [5.74, 6) is 0.715. The normalized spacial score (nSPS) is 11.9. The molecular weight excluding hydrogens is 152 g/mol. The first-order valence-corrected chi connectivity index (χ1v) is 4.09. The molecule has 4 nitrogen and oxygen atoms in total. The van der Waals surface area contributed by atoms with Crippen molar-refractivity contribution >= 4 is 5.84 Å². The zero-order chi connectivity index (χ0) is 8.81. The largest absolute Gasteiger partial charge is 0.387 e. The van der Waals surface area contributed by atoms with Crippen LogP contribution in [0.25, 0.3) is 0 Å². The molecule has 0 aliphatic rings. The zero-order valence-electron chi connectivity index (χ0n) is 7.25. The summed E-state index contributed by atoms with van der Waals surface area (Å²) in [6.45, 7) is 2.68. The lowest BCUT2D eigenvalue weighted by molar-refractivity contribution is 0.941. The first-order chi connectivity index (χ1) is 5.83. The van der Waals surface area contributed by atoms with E-state index in [0.717, 1.165) is 18.5 Å². The van der Waals surface area contributed by atoms with Crippen LogP contribution < -0.4 is 5.73 Å². The third-order valence-electron chi connectivity index (χ3n) is 1.51. The predicted molar refractivity (Wildman–Crippen MR) is 48.8 cm³/mol. The molecule has 12 heavy (non-hydrogen) atoms. The van der Waals surface area contributed by atoms with Crippen molar-refractivity contribution in [2.75, 3.05) is 0 Å². The molecule has 0 aliphatic heterocycles. The number of hydrogen-bond donors (Lipinski definition) is 2. The number of nitrogens with two attached hydrogens (primary N) is 1. The number of nitrogens with one attached hydrogen (secondary N) is 1. The summed E-state index contributed by atoms with van der Waals surface area (Å²) in [7, 11) is 0. The maximum atomic E-state index is 5.62. The number of aliphatic imine (C=N–C) groups is 1. The molecule has 0 spiro atoms. The van der Waals surface area contributed by atoms with E-state index in [4.69, 9.17) is 5.73 Å². The van der Waals surface area contributed by atoms with Gasteiger partial charge in [-0.1, -0.05) is 6.92 Å². The van der Waals surface area contributed by atoms with Crippen LogP contribution in [0.1, 0.15) is 25.5 Å². The highest BCUT2D eigenvalue weighted by Gasteiger charge is 1.92. The molecule has 0 unspecified atom stereocenters. The van der Waals surface area contributed by atoms with Crippen molar-refractivity contribution in [2.24, 2.45) is 10.7 Å². The van der Waals surface area contributed by atoms with Crippen LogP contribution >= 0.6 is 0 Å². The van der Waals surface area contributed by atoms with Gasteiger partial charge in [0.1, 0.15) is 0 Å². The van der Waals surface area contributed by atoms with Crippen molar-refractivity contribution in [3.05, 3.63) is 18.2 Å². The number of aromatic amines is 1. The van der Waals surface area contributed by atoms with E-state index >= 15 is 0 Å². The molecule has 1 heterocycles. The lowest BCUT2D eigenvalue weighted by Crippen LogP contribution is -2.11. The Morgan fingerprint density at radius 1 is 1.75 bits per heavy atom. The van der Waals surface area contributed by atoms with E-state index in [2.05, 4.69) is 21.9 Å². The molecule has 0 aromatic carbocycles. The molecule has 4 heteroatoms. The Labute approximate surface area is 71.9 Å². The van der Waals surface area contributed by atoms with Gasteiger partial charge >= 0.3 is 0 Å². The number of rotatable bonds is 4. The molecule has 0 amide bonds. The van der Waals surface area contributed by atoms with Crippen molar-refractivity contribution < 1.29 is 0 Å². The molecule has 0 fully saturated rings. The smallest absolute Gasteiger partial charge is 0.0941 e. The van der Waals surface area contributed by atoms with Gasteiger partial charge in [0, 0.05) is 12.6 Å². The lowest BCUT2D eigenvalue weighted by Gasteiger charge is -1.95. The monoisotopic (exact) mass is 166 g/mol. The molecule has 0 radical (unpaired) electrons. The fourth-order valence-corrected chi connectivity index (χ4v) is 0.893. The Kier molecular flexibility index (Phi) is 3.32. The number of aromatic nitrogens is 2. The van der Waals surface area contributed by atoms with E-state index in [1.165, 1.54) is 0 Å². The van der Waals surface area contributed by atoms with Gasteiger partial charge in [-0.05, 0) is 6.42 Å². The molecule has 0 atom stereocenters. The van der Waals surface area contributed by atoms with Gasteiger partial charge in [0.2, 0.25) is 0 Å². The first kappa shape index (κ1) is 8.77. The van der Waals surface area contributed by atoms with Gasteiger partial charge < -0.3 is 10.7 Å². The van der Waals surface area contributed by atoms with Crippen molar-refractivity contribution in [2.45, 2.75) is 26.3 Å². The standard InChI is InChI=1S/C8H14N4/c1-2-3-8(9)11-5-7-4-10-6-12-7/h4,6H,2-3,5H2,1H3,(H2,9,11)(H,10,12). The zero-order valence-corrected chi connectivity index (χ0v) is 7.25. The SMILES string of the molecule is CCCC(N)=NCc1cnc[nH]1. The molecule has 0 aliphatic carbocycles. The van der Waals surface area contributed by atoms with Gasteiger partial charge in [-0.2, -0.15) is 0 Å². The summed E-state index contributed by atoms with van der Waals surface area (Å²) >= 11 is 0. The van der Waals surface area contributed by atoms with E-state index in [1.807, 2.05) is 0 Å². The first-order valence-electron chi connectivity index (χ1n) is 4.09. The third kappa shape index (κ3) is 2.74. The van der Waals surface area contributed by atoms with Gasteiger partial charge in [0.25, 0.3) is 0 Å². The van der Waals surface area contributed by atoms with E-state index < -0.39 is 0 Å². The molecule has 0 saturated carbocycles. The van der Waals surface area contributed by atoms with Crippen LogP contribution in [-0.2, 0) is 6.54 Å². The Morgan fingerprint density at radius 3 is 3.17 bits per heavy atom. The van der Waals surface area contributed by atoms with Gasteiger partial charge in [-0.25, -0.2) is 4.98 Å². The lowest BCUT2D eigenvalue weighted by atomic mass is 10.3. The Hall–Kier alpha value is -1.32. The van der Waals surface area contributed by atoms with Crippen molar-refractivity contribution in [1.82, 2.24) is 9.97 Å². The molecule has 0 saturated heterocycles. The highest BCUT2D eigenvalue weighted by molar-refractivity contribution is 5.80. The van der Waals surface area contributed by atoms with Gasteiger partial charge in [-0.3, -0.25) is 4.99 Å². The molecule has 0 bridgehead atoms. The minimum Gasteiger partial charge on any atom is -0.387 e. The fraction of sp³-hybridized carbons (Fsp3) is 0.500. The van der Waals surface area contributed by atoms with E-state index in [9.17, 15) is 0 Å². The van der Waals surface area contributed by atoms with Crippen LogP contribution in [0.4, 0.5) is 0 Å². The highest BCUT2D eigenvalue weighted by atomic mass is 14.9. The minimum atomic E-state index is 0.603. The van der Waals surface area contributed by atoms with Crippen LogP contribution in [0.2, 0.25) is 0 Å². The summed E-state index contributed by atoms with van der Waals surface area (Å²) in [6, 6.07) is 0. The van der Waals surface area contributed by atoms with Crippen molar-refractivity contribution in [1.29, 1.82) is 0 Å². The highest BCUT2D eigenvalue weighted by Crippen LogP contribution is 1.95. The van der Waals surface area contributed by atoms with Crippen LogP contribution in [0.5, 0.6) is 0 Å². The van der Waals surface area contributed by atoms with Gasteiger partial charge in [-0.15, -0.1) is 0 Å². The second-order valence-corrected chi connectivity index (χ2v) is 2.63. The average molecular weight is 166 g/mol. The van der Waals surface area contributed by atoms with Crippen LogP contribution in [0.3, 0.4) is 0 Å². The minimum absolute atomic E-state index is 0.603. The number of hydrogen-bond acceptors (Lipinski definition) is 2. The fourth-order valence-electron chi connectivity index (χ4n) is 0.893. The van der Waals surface area contributed by atoms with Gasteiger partial charge in [0.15, 0.2) is 0 Å². The molecular formula is C8H14N4. The summed E-state index contributed by atoms with van der Waals surface area (Å²) < 4.78 is 0. The van der Waals surface area contributed by atoms with Crippen LogP contribution in [0, 0.1) is 0 Å². The Morgan fingerprint density at radius 2 is 2.58 bits per heavy atom. The molecule has 1 rings (SSSR count). The van der Waals surface area contributed by atoms with Gasteiger partial charge in [0.05, 0.1) is 24.4 Å². The van der Waals surface area contributed by atoms with Crippen molar-refractivity contribution in [3.8, 4) is 0 Å². The summed E-state index contributed by atoms with van der Waals surface area (Å²) in [4.78, 5) is 11.0. The maximum absolute atomic E-state index is 5.62. The topological polar surface area (TPSA) is 67.1 Å².